The van der Waals surface area contributed by atoms with Crippen molar-refractivity contribution in [3.63, 3.8) is 0 Å². The third-order valence-electron chi connectivity index (χ3n) is 3.26. The van der Waals surface area contributed by atoms with Crippen LogP contribution < -0.4 is 4.90 Å². The number of methoxy groups -OCH3 is 1. The molecule has 0 aromatic carbocycles. The first-order chi connectivity index (χ1) is 8.35. The minimum absolute atomic E-state index is 0.639. The van der Waals surface area contributed by atoms with Crippen LogP contribution in [0.5, 0.6) is 0 Å². The van der Waals surface area contributed by atoms with E-state index in [4.69, 9.17) is 4.74 Å². The fraction of sp³-hybridized carbons (Fsp3) is 0.538. The zero-order chi connectivity index (χ0) is 12.1. The Labute approximate surface area is 102 Å². The number of anilines is 1. The zero-order valence-corrected chi connectivity index (χ0v) is 10.1. The van der Waals surface area contributed by atoms with Gasteiger partial charge in [-0.05, 0) is 30.9 Å². The Hall–Kier alpha value is -1.42. The average molecular weight is 234 g/mol. The summed E-state index contributed by atoms with van der Waals surface area (Å²) in [5.74, 6) is 1.46. The fourth-order valence-corrected chi connectivity index (χ4v) is 2.31. The fourth-order valence-electron chi connectivity index (χ4n) is 2.31. The summed E-state index contributed by atoms with van der Waals surface area (Å²) in [5.41, 5.74) is 0.678. The summed E-state index contributed by atoms with van der Waals surface area (Å²) < 4.78 is 5.18. The molecule has 1 aliphatic rings. The first-order valence-corrected chi connectivity index (χ1v) is 5.99. The molecule has 2 rings (SSSR count). The largest absolute Gasteiger partial charge is 0.384 e. The second-order valence-corrected chi connectivity index (χ2v) is 4.42. The van der Waals surface area contributed by atoms with E-state index in [1.165, 1.54) is 0 Å². The first-order valence-electron chi connectivity index (χ1n) is 5.99. The normalized spacial score (nSPS) is 17.1. The Balaban J connectivity index is 2.02. The van der Waals surface area contributed by atoms with Crippen LogP contribution in [0.25, 0.3) is 0 Å². The van der Waals surface area contributed by atoms with Crippen molar-refractivity contribution < 1.29 is 9.53 Å². The molecule has 17 heavy (non-hydrogen) atoms. The second-order valence-electron chi connectivity index (χ2n) is 4.42. The first kappa shape index (κ1) is 12.0. The predicted octanol–water partition coefficient (Wildman–Crippen LogP) is 1.76. The molecule has 0 amide bonds. The highest BCUT2D eigenvalue weighted by Gasteiger charge is 2.21. The summed E-state index contributed by atoms with van der Waals surface area (Å²) in [5, 5.41) is 0. The van der Waals surface area contributed by atoms with Crippen LogP contribution in [0.1, 0.15) is 23.2 Å². The molecule has 4 heteroatoms. The molecule has 0 bridgehead atoms. The lowest BCUT2D eigenvalue weighted by atomic mass is 9.97. The molecule has 0 saturated carbocycles. The van der Waals surface area contributed by atoms with Crippen LogP contribution in [0.15, 0.2) is 18.3 Å². The van der Waals surface area contributed by atoms with Crippen molar-refractivity contribution in [2.24, 2.45) is 5.92 Å². The van der Waals surface area contributed by atoms with Gasteiger partial charge in [-0.15, -0.1) is 0 Å². The van der Waals surface area contributed by atoms with Crippen molar-refractivity contribution in [2.45, 2.75) is 12.8 Å². The van der Waals surface area contributed by atoms with Crippen LogP contribution in [0.4, 0.5) is 5.82 Å². The number of pyridine rings is 1. The molecule has 0 radical (unpaired) electrons. The Morgan fingerprint density at radius 1 is 1.53 bits per heavy atom. The Bertz CT molecular complexity index is 373. The van der Waals surface area contributed by atoms with Crippen LogP contribution in [-0.2, 0) is 4.74 Å². The van der Waals surface area contributed by atoms with Crippen molar-refractivity contribution in [3.05, 3.63) is 23.9 Å². The monoisotopic (exact) mass is 234 g/mol. The van der Waals surface area contributed by atoms with E-state index < -0.39 is 0 Å². The maximum atomic E-state index is 11.0. The van der Waals surface area contributed by atoms with Gasteiger partial charge in [0.1, 0.15) is 5.82 Å². The molecule has 0 unspecified atom stereocenters. The smallest absolute Gasteiger partial charge is 0.153 e. The number of carbonyl (C=O) groups is 1. The van der Waals surface area contributed by atoms with Gasteiger partial charge in [0.2, 0.25) is 0 Å². The van der Waals surface area contributed by atoms with Gasteiger partial charge in [-0.3, -0.25) is 4.79 Å². The van der Waals surface area contributed by atoms with Gasteiger partial charge in [0, 0.05) is 33.0 Å². The average Bonchev–Trinajstić information content (AvgIpc) is 2.40. The molecule has 0 N–H and O–H groups in total. The van der Waals surface area contributed by atoms with Gasteiger partial charge < -0.3 is 9.64 Å². The van der Waals surface area contributed by atoms with E-state index in [1.807, 2.05) is 6.07 Å². The van der Waals surface area contributed by atoms with E-state index in [1.54, 1.807) is 19.4 Å². The summed E-state index contributed by atoms with van der Waals surface area (Å²) in [6.45, 7) is 2.73. The van der Waals surface area contributed by atoms with Gasteiger partial charge in [-0.25, -0.2) is 4.98 Å². The summed E-state index contributed by atoms with van der Waals surface area (Å²) in [7, 11) is 1.75. The minimum Gasteiger partial charge on any atom is -0.384 e. The molecular formula is C13H18N2O2. The lowest BCUT2D eigenvalue weighted by Gasteiger charge is -2.33. The summed E-state index contributed by atoms with van der Waals surface area (Å²) >= 11 is 0. The van der Waals surface area contributed by atoms with E-state index in [2.05, 4.69) is 9.88 Å². The molecule has 0 atom stereocenters. The molecule has 1 aromatic heterocycles. The van der Waals surface area contributed by atoms with E-state index >= 15 is 0 Å². The number of nitrogens with zero attached hydrogens (tertiary/aromatic N) is 2. The second kappa shape index (κ2) is 5.77. The molecule has 0 aliphatic carbocycles. The van der Waals surface area contributed by atoms with Gasteiger partial charge in [0.05, 0.1) is 5.56 Å². The number of aldehydes is 1. The van der Waals surface area contributed by atoms with Crippen molar-refractivity contribution in [1.29, 1.82) is 0 Å². The molecular weight excluding hydrogens is 216 g/mol. The molecule has 1 aromatic rings. The van der Waals surface area contributed by atoms with Gasteiger partial charge in [0.25, 0.3) is 0 Å². The number of hydrogen-bond donors (Lipinski definition) is 0. The molecule has 1 saturated heterocycles. The highest BCUT2D eigenvalue weighted by atomic mass is 16.5. The molecule has 2 heterocycles. The SMILES string of the molecule is COCC1CCN(c2ncccc2C=O)CC1. The number of ether oxygens (including phenoxy) is 1. The van der Waals surface area contributed by atoms with E-state index in [9.17, 15) is 4.79 Å². The topological polar surface area (TPSA) is 42.4 Å². The third-order valence-corrected chi connectivity index (χ3v) is 3.26. The predicted molar refractivity (Wildman–Crippen MR) is 66.4 cm³/mol. The van der Waals surface area contributed by atoms with Crippen LogP contribution in [-0.4, -0.2) is 38.1 Å². The van der Waals surface area contributed by atoms with Crippen molar-refractivity contribution in [2.75, 3.05) is 31.7 Å². The Morgan fingerprint density at radius 2 is 2.29 bits per heavy atom. The summed E-state index contributed by atoms with van der Waals surface area (Å²) in [6.07, 6.45) is 4.82. The van der Waals surface area contributed by atoms with E-state index in [0.29, 0.717) is 11.5 Å². The summed E-state index contributed by atoms with van der Waals surface area (Å²) in [6, 6.07) is 3.61. The number of aromatic nitrogens is 1. The third kappa shape index (κ3) is 2.82. The molecule has 0 spiro atoms. The molecule has 1 aliphatic heterocycles. The molecule has 92 valence electrons. The van der Waals surface area contributed by atoms with Gasteiger partial charge >= 0.3 is 0 Å². The van der Waals surface area contributed by atoms with Crippen LogP contribution in [0, 0.1) is 5.92 Å². The lowest BCUT2D eigenvalue weighted by molar-refractivity contribution is 0.112. The quantitative estimate of drug-likeness (QED) is 0.744. The number of piperidine rings is 1. The van der Waals surface area contributed by atoms with Gasteiger partial charge in [0.15, 0.2) is 6.29 Å². The van der Waals surface area contributed by atoms with Gasteiger partial charge in [-0.1, -0.05) is 0 Å². The van der Waals surface area contributed by atoms with E-state index in [-0.39, 0.29) is 0 Å². The Kier molecular flexibility index (Phi) is 4.09. The number of hydrogen-bond acceptors (Lipinski definition) is 4. The minimum atomic E-state index is 0.639. The van der Waals surface area contributed by atoms with Crippen LogP contribution >= 0.6 is 0 Å². The van der Waals surface area contributed by atoms with Crippen molar-refractivity contribution >= 4 is 12.1 Å². The summed E-state index contributed by atoms with van der Waals surface area (Å²) in [4.78, 5) is 17.4. The highest BCUT2D eigenvalue weighted by molar-refractivity contribution is 5.82. The standard InChI is InChI=1S/C13H18N2O2/c1-17-10-11-4-7-15(8-5-11)13-12(9-16)3-2-6-14-13/h2-3,6,9,11H,4-5,7-8,10H2,1H3. The lowest BCUT2D eigenvalue weighted by Crippen LogP contribution is -2.36. The number of carbonyl (C=O) groups excluding carboxylic acids is 1. The van der Waals surface area contributed by atoms with Gasteiger partial charge in [-0.2, -0.15) is 0 Å². The van der Waals surface area contributed by atoms with Crippen LogP contribution in [0.3, 0.4) is 0 Å². The maximum Gasteiger partial charge on any atom is 0.153 e. The zero-order valence-electron chi connectivity index (χ0n) is 10.1. The molecule has 4 nitrogen and oxygen atoms in total. The van der Waals surface area contributed by atoms with Crippen LogP contribution in [0.2, 0.25) is 0 Å². The maximum absolute atomic E-state index is 11.0. The molecule has 1 fully saturated rings. The van der Waals surface area contributed by atoms with Crippen molar-refractivity contribution in [1.82, 2.24) is 4.98 Å². The van der Waals surface area contributed by atoms with E-state index in [0.717, 1.165) is 44.6 Å². The number of rotatable bonds is 4. The Morgan fingerprint density at radius 3 is 2.94 bits per heavy atom. The van der Waals surface area contributed by atoms with Crippen molar-refractivity contribution in [3.8, 4) is 0 Å². The highest BCUT2D eigenvalue weighted by Crippen LogP contribution is 2.23.